The molecule has 0 spiro atoms. The maximum absolute atomic E-state index is 12.8. The first-order valence-corrected chi connectivity index (χ1v) is 10.4. The van der Waals surface area contributed by atoms with Crippen molar-refractivity contribution in [2.45, 2.75) is 32.4 Å². The normalized spacial score (nSPS) is 20.4. The van der Waals surface area contributed by atoms with E-state index in [2.05, 4.69) is 17.6 Å². The summed E-state index contributed by atoms with van der Waals surface area (Å²) < 4.78 is 5.93. The van der Waals surface area contributed by atoms with Crippen molar-refractivity contribution in [1.29, 1.82) is 0 Å². The quantitative estimate of drug-likeness (QED) is 0.474. The number of anilines is 1. The Morgan fingerprint density at radius 3 is 2.93 bits per heavy atom. The molecule has 7 nitrogen and oxygen atoms in total. The predicted molar refractivity (Wildman–Crippen MR) is 110 cm³/mol. The van der Waals surface area contributed by atoms with Crippen molar-refractivity contribution < 1.29 is 14.1 Å². The minimum atomic E-state index is -0.472. The van der Waals surface area contributed by atoms with Crippen molar-refractivity contribution >= 4 is 27.9 Å². The van der Waals surface area contributed by atoms with Gasteiger partial charge in [-0.3, -0.25) is 14.9 Å². The van der Waals surface area contributed by atoms with E-state index < -0.39 is 11.1 Å². The molecule has 0 fully saturated rings. The zero-order valence-electron chi connectivity index (χ0n) is 15.7. The molecule has 0 bridgehead atoms. The molecule has 8 heteroatoms. The fraction of sp³-hybridized carbons (Fsp3) is 0.286. The van der Waals surface area contributed by atoms with Crippen molar-refractivity contribution in [3.63, 3.8) is 0 Å². The van der Waals surface area contributed by atoms with Gasteiger partial charge in [-0.1, -0.05) is 19.1 Å². The third-order valence-electron chi connectivity index (χ3n) is 5.54. The van der Waals surface area contributed by atoms with Crippen molar-refractivity contribution in [3.8, 4) is 11.3 Å². The molecule has 0 radical (unpaired) electrons. The average Bonchev–Trinajstić information content (AvgIpc) is 3.32. The molecule has 0 saturated carbocycles. The summed E-state index contributed by atoms with van der Waals surface area (Å²) in [5.41, 5.74) is 2.59. The monoisotopic (exact) mass is 409 g/mol. The van der Waals surface area contributed by atoms with E-state index >= 15 is 0 Å². The van der Waals surface area contributed by atoms with E-state index in [1.807, 2.05) is 0 Å². The first kappa shape index (κ1) is 17.9. The fourth-order valence-corrected chi connectivity index (χ4v) is 5.48. The summed E-state index contributed by atoms with van der Waals surface area (Å²) in [6, 6.07) is 9.85. The van der Waals surface area contributed by atoms with E-state index in [1.165, 1.54) is 22.6 Å². The van der Waals surface area contributed by atoms with Crippen LogP contribution in [0.3, 0.4) is 0 Å². The van der Waals surface area contributed by atoms with Gasteiger partial charge in [-0.2, -0.15) is 0 Å². The van der Waals surface area contributed by atoms with Crippen LogP contribution in [-0.4, -0.2) is 10.8 Å². The summed E-state index contributed by atoms with van der Waals surface area (Å²) in [6.07, 6.45) is 2.60. The van der Waals surface area contributed by atoms with Crippen LogP contribution in [0.4, 0.5) is 10.7 Å². The van der Waals surface area contributed by atoms with E-state index in [-0.39, 0.29) is 11.6 Å². The first-order chi connectivity index (χ1) is 14.0. The molecular weight excluding hydrogens is 390 g/mol. The molecule has 2 N–H and O–H groups in total. The van der Waals surface area contributed by atoms with Gasteiger partial charge in [0.1, 0.15) is 16.5 Å². The molecule has 2 unspecified atom stereocenters. The van der Waals surface area contributed by atoms with Crippen LogP contribution in [0.5, 0.6) is 0 Å². The third kappa shape index (κ3) is 3.09. The number of nitrogens with one attached hydrogen (secondary N) is 2. The maximum atomic E-state index is 12.8. The molecular formula is C21H19N3O4S. The van der Waals surface area contributed by atoms with Gasteiger partial charge in [0.2, 0.25) is 0 Å². The highest BCUT2D eigenvalue weighted by molar-refractivity contribution is 7.16. The SMILES string of the molecule is CC1CCc2c(sc3c2C(=O)NC(c2ccc(-c4cccc([N+](=O)[O-])c4)o2)N3)C1. The average molecular weight is 409 g/mol. The molecule has 1 amide bonds. The second-order valence-corrected chi connectivity index (χ2v) is 8.72. The molecule has 1 aliphatic heterocycles. The number of fused-ring (bicyclic) bond motifs is 3. The Morgan fingerprint density at radius 1 is 1.24 bits per heavy atom. The van der Waals surface area contributed by atoms with Crippen LogP contribution in [0.2, 0.25) is 0 Å². The lowest BCUT2D eigenvalue weighted by molar-refractivity contribution is -0.384. The molecule has 148 valence electrons. The summed E-state index contributed by atoms with van der Waals surface area (Å²) in [4.78, 5) is 24.7. The summed E-state index contributed by atoms with van der Waals surface area (Å²) in [6.45, 7) is 2.25. The van der Waals surface area contributed by atoms with Crippen molar-refractivity contribution in [3.05, 3.63) is 68.3 Å². The summed E-state index contributed by atoms with van der Waals surface area (Å²) in [5.74, 6) is 1.64. The van der Waals surface area contributed by atoms with Gasteiger partial charge in [0.15, 0.2) is 6.17 Å². The number of benzene rings is 1. The second-order valence-electron chi connectivity index (χ2n) is 7.62. The van der Waals surface area contributed by atoms with Crippen LogP contribution in [0.25, 0.3) is 11.3 Å². The largest absolute Gasteiger partial charge is 0.457 e. The first-order valence-electron chi connectivity index (χ1n) is 9.56. The fourth-order valence-electron chi connectivity index (χ4n) is 4.04. The Balaban J connectivity index is 1.43. The van der Waals surface area contributed by atoms with Gasteiger partial charge >= 0.3 is 0 Å². The van der Waals surface area contributed by atoms with Crippen LogP contribution < -0.4 is 10.6 Å². The molecule has 0 saturated heterocycles. The molecule has 29 heavy (non-hydrogen) atoms. The van der Waals surface area contributed by atoms with Crippen LogP contribution in [0.15, 0.2) is 40.8 Å². The van der Waals surface area contributed by atoms with Crippen LogP contribution in [-0.2, 0) is 12.8 Å². The van der Waals surface area contributed by atoms with Crippen molar-refractivity contribution in [2.24, 2.45) is 5.92 Å². The zero-order chi connectivity index (χ0) is 20.1. The Labute approximate surface area is 170 Å². The molecule has 5 rings (SSSR count). The van der Waals surface area contributed by atoms with Gasteiger partial charge in [0.25, 0.3) is 11.6 Å². The van der Waals surface area contributed by atoms with Gasteiger partial charge in [-0.15, -0.1) is 11.3 Å². The molecule has 1 aliphatic carbocycles. The van der Waals surface area contributed by atoms with Crippen LogP contribution in [0, 0.1) is 16.0 Å². The number of nitro groups is 1. The number of thiophene rings is 1. The summed E-state index contributed by atoms with van der Waals surface area (Å²) in [5, 5.41) is 18.3. The van der Waals surface area contributed by atoms with Crippen molar-refractivity contribution in [1.82, 2.24) is 5.32 Å². The number of carbonyl (C=O) groups is 1. The molecule has 2 aliphatic rings. The summed E-state index contributed by atoms with van der Waals surface area (Å²) in [7, 11) is 0. The van der Waals surface area contributed by atoms with Gasteiger partial charge in [0.05, 0.1) is 10.5 Å². The lowest BCUT2D eigenvalue weighted by Gasteiger charge is -2.25. The van der Waals surface area contributed by atoms with Gasteiger partial charge in [0, 0.05) is 22.6 Å². The Bertz CT molecular complexity index is 1130. The van der Waals surface area contributed by atoms with E-state index in [9.17, 15) is 14.9 Å². The Morgan fingerprint density at radius 2 is 2.10 bits per heavy atom. The summed E-state index contributed by atoms with van der Waals surface area (Å²) >= 11 is 1.66. The third-order valence-corrected chi connectivity index (χ3v) is 6.73. The predicted octanol–water partition coefficient (Wildman–Crippen LogP) is 4.90. The second kappa shape index (κ2) is 6.73. The van der Waals surface area contributed by atoms with Gasteiger partial charge < -0.3 is 15.1 Å². The Hall–Kier alpha value is -3.13. The lowest BCUT2D eigenvalue weighted by Crippen LogP contribution is -2.38. The lowest BCUT2D eigenvalue weighted by atomic mass is 9.88. The number of hydrogen-bond acceptors (Lipinski definition) is 6. The number of amides is 1. The maximum Gasteiger partial charge on any atom is 0.270 e. The molecule has 3 aromatic rings. The number of rotatable bonds is 3. The topological polar surface area (TPSA) is 97.4 Å². The molecule has 2 atom stereocenters. The minimum Gasteiger partial charge on any atom is -0.457 e. The number of furan rings is 1. The Kier molecular flexibility index (Phi) is 4.16. The van der Waals surface area contributed by atoms with E-state index in [4.69, 9.17) is 4.42 Å². The smallest absolute Gasteiger partial charge is 0.270 e. The van der Waals surface area contributed by atoms with E-state index in [1.54, 1.807) is 35.6 Å². The highest BCUT2D eigenvalue weighted by atomic mass is 32.1. The number of nitro benzene ring substituents is 1. The minimum absolute atomic E-state index is 0.00702. The van der Waals surface area contributed by atoms with Gasteiger partial charge in [-0.05, 0) is 42.9 Å². The van der Waals surface area contributed by atoms with Crippen LogP contribution >= 0.6 is 11.3 Å². The zero-order valence-corrected chi connectivity index (χ0v) is 16.5. The van der Waals surface area contributed by atoms with Crippen LogP contribution in [0.1, 0.15) is 46.1 Å². The standard InChI is InChI=1S/C21H19N3O4S/c1-11-5-6-14-17(9-11)29-21-18(14)20(25)22-19(23-21)16-8-7-15(28-16)12-3-2-4-13(10-12)24(26)27/h2-4,7-8,10-11,19,23H,5-6,9H2,1H3,(H,22,25). The highest BCUT2D eigenvalue weighted by Crippen LogP contribution is 2.43. The van der Waals surface area contributed by atoms with E-state index in [0.29, 0.717) is 23.0 Å². The number of carbonyl (C=O) groups excluding carboxylic acids is 1. The molecule has 2 aromatic heterocycles. The van der Waals surface area contributed by atoms with E-state index in [0.717, 1.165) is 29.8 Å². The van der Waals surface area contributed by atoms with Crippen molar-refractivity contribution in [2.75, 3.05) is 5.32 Å². The molecule has 3 heterocycles. The molecule has 1 aromatic carbocycles. The number of non-ortho nitro benzene ring substituents is 1. The van der Waals surface area contributed by atoms with Gasteiger partial charge in [-0.25, -0.2) is 0 Å². The number of nitrogens with zero attached hydrogens (tertiary/aromatic N) is 1. The highest BCUT2D eigenvalue weighted by Gasteiger charge is 2.34. The number of hydrogen-bond donors (Lipinski definition) is 2.